The molecule has 26 heavy (non-hydrogen) atoms. The van der Waals surface area contributed by atoms with E-state index in [1.165, 1.54) is 28.4 Å². The van der Waals surface area contributed by atoms with Crippen molar-refractivity contribution in [3.8, 4) is 5.69 Å². The molecule has 3 N–H and O–H groups in total. The van der Waals surface area contributed by atoms with Gasteiger partial charge in [-0.3, -0.25) is 4.79 Å². The molecule has 0 saturated carbocycles. The normalized spacial score (nSPS) is 11.0. The number of primary amides is 1. The molecule has 1 aromatic carbocycles. The molecule has 3 heterocycles. The van der Waals surface area contributed by atoms with E-state index in [1.807, 2.05) is 0 Å². The van der Waals surface area contributed by atoms with Crippen molar-refractivity contribution in [3.05, 3.63) is 58.7 Å². The fraction of sp³-hybridized carbons (Fsp3) is 0.0625. The number of anilines is 1. The van der Waals surface area contributed by atoms with E-state index in [-0.39, 0.29) is 5.69 Å². The van der Waals surface area contributed by atoms with Crippen LogP contribution in [0.4, 0.5) is 10.2 Å². The molecule has 8 nitrogen and oxygen atoms in total. The first-order valence-electron chi connectivity index (χ1n) is 7.55. The number of hydrogen-bond acceptors (Lipinski definition) is 7. The van der Waals surface area contributed by atoms with Gasteiger partial charge in [0.05, 0.1) is 18.1 Å². The summed E-state index contributed by atoms with van der Waals surface area (Å²) in [6.45, 7) is 0.356. The molecule has 3 aromatic heterocycles. The summed E-state index contributed by atoms with van der Waals surface area (Å²) >= 11 is 1.32. The highest BCUT2D eigenvalue weighted by Crippen LogP contribution is 2.23. The number of amides is 1. The largest absolute Gasteiger partial charge is 0.364 e. The number of thiazole rings is 1. The lowest BCUT2D eigenvalue weighted by Gasteiger charge is -2.06. The molecule has 0 saturated heterocycles. The van der Waals surface area contributed by atoms with Crippen LogP contribution in [0.25, 0.3) is 16.7 Å². The minimum absolute atomic E-state index is 0.229. The maximum absolute atomic E-state index is 14.1. The second kappa shape index (κ2) is 6.48. The molecule has 0 aliphatic heterocycles. The molecular formula is C16H12FN7OS. The van der Waals surface area contributed by atoms with E-state index in [2.05, 4.69) is 25.4 Å². The van der Waals surface area contributed by atoms with Crippen LogP contribution in [0, 0.1) is 5.82 Å². The van der Waals surface area contributed by atoms with Crippen LogP contribution in [-0.4, -0.2) is 30.6 Å². The zero-order chi connectivity index (χ0) is 18.1. The number of para-hydroxylation sites is 1. The zero-order valence-electron chi connectivity index (χ0n) is 13.3. The van der Waals surface area contributed by atoms with E-state index in [9.17, 15) is 9.18 Å². The van der Waals surface area contributed by atoms with Crippen molar-refractivity contribution in [3.63, 3.8) is 0 Å². The summed E-state index contributed by atoms with van der Waals surface area (Å²) in [6.07, 6.45) is 2.95. The van der Waals surface area contributed by atoms with Gasteiger partial charge in [0.1, 0.15) is 34.4 Å². The Bertz CT molecular complexity index is 1110. The molecule has 0 spiro atoms. The van der Waals surface area contributed by atoms with E-state index in [4.69, 9.17) is 5.73 Å². The van der Waals surface area contributed by atoms with Crippen molar-refractivity contribution in [1.82, 2.24) is 24.7 Å². The molecule has 0 bridgehead atoms. The van der Waals surface area contributed by atoms with Crippen LogP contribution >= 0.6 is 11.3 Å². The van der Waals surface area contributed by atoms with E-state index >= 15 is 0 Å². The van der Waals surface area contributed by atoms with Gasteiger partial charge in [-0.05, 0) is 12.1 Å². The van der Waals surface area contributed by atoms with Gasteiger partial charge in [0.2, 0.25) is 0 Å². The highest BCUT2D eigenvalue weighted by Gasteiger charge is 2.14. The molecule has 0 unspecified atom stereocenters. The highest BCUT2D eigenvalue weighted by atomic mass is 32.1. The van der Waals surface area contributed by atoms with E-state index < -0.39 is 11.7 Å². The average Bonchev–Trinajstić information content (AvgIpc) is 3.28. The van der Waals surface area contributed by atoms with Crippen LogP contribution in [0.1, 0.15) is 15.5 Å². The molecule has 4 aromatic rings. The Morgan fingerprint density at radius 3 is 2.92 bits per heavy atom. The first-order valence-corrected chi connectivity index (χ1v) is 8.43. The smallest absolute Gasteiger partial charge is 0.268 e. The lowest BCUT2D eigenvalue weighted by Crippen LogP contribution is -2.11. The second-order valence-electron chi connectivity index (χ2n) is 5.31. The molecule has 0 aliphatic carbocycles. The Labute approximate surface area is 150 Å². The van der Waals surface area contributed by atoms with Crippen LogP contribution in [0.2, 0.25) is 0 Å². The Kier molecular flexibility index (Phi) is 4.01. The van der Waals surface area contributed by atoms with Crippen molar-refractivity contribution in [2.24, 2.45) is 5.73 Å². The quantitative estimate of drug-likeness (QED) is 0.557. The fourth-order valence-electron chi connectivity index (χ4n) is 2.45. The highest BCUT2D eigenvalue weighted by molar-refractivity contribution is 7.09. The molecule has 0 aliphatic rings. The van der Waals surface area contributed by atoms with Gasteiger partial charge in [-0.2, -0.15) is 5.10 Å². The van der Waals surface area contributed by atoms with Crippen molar-refractivity contribution in [2.45, 2.75) is 6.54 Å². The minimum Gasteiger partial charge on any atom is -0.364 e. The summed E-state index contributed by atoms with van der Waals surface area (Å²) in [5.74, 6) is -0.427. The van der Waals surface area contributed by atoms with Gasteiger partial charge in [0, 0.05) is 5.38 Å². The summed E-state index contributed by atoms with van der Waals surface area (Å²) < 4.78 is 15.5. The van der Waals surface area contributed by atoms with Crippen LogP contribution < -0.4 is 11.1 Å². The van der Waals surface area contributed by atoms with Gasteiger partial charge < -0.3 is 11.1 Å². The summed E-state index contributed by atoms with van der Waals surface area (Å²) in [6, 6.07) is 6.33. The third-order valence-corrected chi connectivity index (χ3v) is 4.51. The number of fused-ring (bicyclic) bond motifs is 1. The SMILES string of the molecule is NC(=O)c1csc(CNc2ncnc3c2cnn3-c2ccccc2F)n1. The van der Waals surface area contributed by atoms with Gasteiger partial charge >= 0.3 is 0 Å². The summed E-state index contributed by atoms with van der Waals surface area (Å²) in [5.41, 5.74) is 6.21. The number of carbonyl (C=O) groups excluding carboxylic acids is 1. The van der Waals surface area contributed by atoms with E-state index in [0.29, 0.717) is 34.1 Å². The van der Waals surface area contributed by atoms with Crippen molar-refractivity contribution in [2.75, 3.05) is 5.32 Å². The van der Waals surface area contributed by atoms with Crippen molar-refractivity contribution >= 4 is 34.1 Å². The van der Waals surface area contributed by atoms with Gasteiger partial charge in [0.25, 0.3) is 5.91 Å². The van der Waals surface area contributed by atoms with Gasteiger partial charge in [-0.25, -0.2) is 24.0 Å². The third-order valence-electron chi connectivity index (χ3n) is 3.66. The standard InChI is InChI=1S/C16H12FN7OS/c17-10-3-1-2-4-12(10)24-16-9(5-22-24)15(20-8-21-16)19-6-13-23-11(7-26-13)14(18)25/h1-5,7-8H,6H2,(H2,18,25)(H,19,20,21). The summed E-state index contributed by atoms with van der Waals surface area (Å²) in [4.78, 5) is 23.7. The van der Waals surface area contributed by atoms with Crippen molar-refractivity contribution < 1.29 is 9.18 Å². The molecule has 130 valence electrons. The number of nitrogens with two attached hydrogens (primary N) is 1. The van der Waals surface area contributed by atoms with Crippen LogP contribution in [-0.2, 0) is 6.54 Å². The Hall–Kier alpha value is -3.40. The summed E-state index contributed by atoms with van der Waals surface area (Å²) in [7, 11) is 0. The number of nitrogens with one attached hydrogen (secondary N) is 1. The van der Waals surface area contributed by atoms with Gasteiger partial charge in [-0.15, -0.1) is 11.3 Å². The number of benzene rings is 1. The molecular weight excluding hydrogens is 357 g/mol. The zero-order valence-corrected chi connectivity index (χ0v) is 14.1. The minimum atomic E-state index is -0.567. The number of rotatable bonds is 5. The predicted octanol–water partition coefficient (Wildman–Crippen LogP) is 2.12. The van der Waals surface area contributed by atoms with E-state index in [1.54, 1.807) is 29.8 Å². The average molecular weight is 369 g/mol. The molecule has 0 radical (unpaired) electrons. The molecule has 4 rings (SSSR count). The van der Waals surface area contributed by atoms with Gasteiger partial charge in [0.15, 0.2) is 5.65 Å². The molecule has 0 fully saturated rings. The predicted molar refractivity (Wildman–Crippen MR) is 94.6 cm³/mol. The molecule has 10 heteroatoms. The maximum Gasteiger partial charge on any atom is 0.268 e. The second-order valence-corrected chi connectivity index (χ2v) is 6.25. The monoisotopic (exact) mass is 369 g/mol. The molecule has 1 amide bonds. The lowest BCUT2D eigenvalue weighted by molar-refractivity contribution is 0.0996. The topological polar surface area (TPSA) is 112 Å². The van der Waals surface area contributed by atoms with Gasteiger partial charge in [-0.1, -0.05) is 12.1 Å². The van der Waals surface area contributed by atoms with Crippen molar-refractivity contribution in [1.29, 1.82) is 0 Å². The van der Waals surface area contributed by atoms with Crippen LogP contribution in [0.3, 0.4) is 0 Å². The first-order chi connectivity index (χ1) is 12.6. The Morgan fingerprint density at radius 2 is 2.15 bits per heavy atom. The Balaban J connectivity index is 1.64. The van der Waals surface area contributed by atoms with E-state index in [0.717, 1.165) is 0 Å². The number of aromatic nitrogens is 5. The third kappa shape index (κ3) is 2.86. The number of nitrogens with zero attached hydrogens (tertiary/aromatic N) is 5. The Morgan fingerprint density at radius 1 is 1.31 bits per heavy atom. The number of hydrogen-bond donors (Lipinski definition) is 2. The summed E-state index contributed by atoms with van der Waals surface area (Å²) in [5, 5.41) is 10.3. The maximum atomic E-state index is 14.1. The first kappa shape index (κ1) is 16.1. The fourth-order valence-corrected chi connectivity index (χ4v) is 3.17. The van der Waals surface area contributed by atoms with Crippen LogP contribution in [0.5, 0.6) is 0 Å². The number of carbonyl (C=O) groups is 1. The lowest BCUT2D eigenvalue weighted by atomic mass is 10.3. The van der Waals surface area contributed by atoms with Crippen LogP contribution in [0.15, 0.2) is 42.2 Å². The number of halogens is 1. The molecule has 0 atom stereocenters.